The van der Waals surface area contributed by atoms with Gasteiger partial charge in [0.15, 0.2) is 0 Å². The fourth-order valence-electron chi connectivity index (χ4n) is 0.713. The van der Waals surface area contributed by atoms with Crippen molar-refractivity contribution in [2.45, 2.75) is 13.3 Å². The molecule has 1 heterocycles. The largest absolute Gasteiger partial charge is 0.390 e. The number of hydrogen-bond acceptors (Lipinski definition) is 2. The number of aliphatic hydroxyl groups excluding tert-OH is 1. The monoisotopic (exact) mass is 135 g/mol. The lowest BCUT2D eigenvalue weighted by molar-refractivity contribution is 0.329. The molecule has 0 aromatic heterocycles. The maximum Gasteiger partial charge on any atom is 0.0862 e. The van der Waals surface area contributed by atoms with Crippen LogP contribution in [0.1, 0.15) is 13.3 Å². The molecular weight excluding hydrogens is 126 g/mol. The Balaban J connectivity index is 2.93. The van der Waals surface area contributed by atoms with Crippen LogP contribution in [0.25, 0.3) is 0 Å². The summed E-state index contributed by atoms with van der Waals surface area (Å²) >= 11 is 0. The predicted octanol–water partition coefficient (Wildman–Crippen LogP) is 0.731. The van der Waals surface area contributed by atoms with E-state index in [0.29, 0.717) is 12.1 Å². The van der Waals surface area contributed by atoms with Crippen LogP contribution in [0.5, 0.6) is 0 Å². The molecule has 0 bridgehead atoms. The molecule has 52 valence electrons. The second kappa shape index (κ2) is 3.19. The van der Waals surface area contributed by atoms with E-state index in [0.717, 1.165) is 5.57 Å². The van der Waals surface area contributed by atoms with E-state index in [2.05, 4.69) is 16.8 Å². The molecule has 0 fully saturated rings. The average molecular weight is 135 g/mol. The van der Waals surface area contributed by atoms with Gasteiger partial charge in [0.25, 0.3) is 0 Å². The highest BCUT2D eigenvalue weighted by Gasteiger charge is 1.96. The Morgan fingerprint density at radius 3 is 3.30 bits per heavy atom. The second-order valence-electron chi connectivity index (χ2n) is 2.05. The third-order valence-corrected chi connectivity index (χ3v) is 1.30. The van der Waals surface area contributed by atoms with Gasteiger partial charge in [-0.05, 0) is 6.92 Å². The molecule has 2 heteroatoms. The summed E-state index contributed by atoms with van der Waals surface area (Å²) in [5.41, 5.74) is 1.56. The summed E-state index contributed by atoms with van der Waals surface area (Å²) in [6, 6.07) is 0. The fourth-order valence-corrected chi connectivity index (χ4v) is 0.713. The Labute approximate surface area is 60.3 Å². The number of hydrogen-bond donors (Lipinski definition) is 1. The van der Waals surface area contributed by atoms with E-state index >= 15 is 0 Å². The SMILES string of the molecule is CC1=C(CO)N=CCC#C1. The van der Waals surface area contributed by atoms with Crippen molar-refractivity contribution >= 4 is 6.21 Å². The molecule has 0 aromatic rings. The van der Waals surface area contributed by atoms with Gasteiger partial charge in [0, 0.05) is 18.2 Å². The van der Waals surface area contributed by atoms with E-state index in [4.69, 9.17) is 5.11 Å². The summed E-state index contributed by atoms with van der Waals surface area (Å²) in [5, 5.41) is 8.75. The van der Waals surface area contributed by atoms with E-state index < -0.39 is 0 Å². The third-order valence-electron chi connectivity index (χ3n) is 1.30. The molecule has 1 aliphatic rings. The van der Waals surface area contributed by atoms with Crippen molar-refractivity contribution in [2.24, 2.45) is 4.99 Å². The van der Waals surface area contributed by atoms with Crippen LogP contribution in [-0.4, -0.2) is 17.9 Å². The molecule has 10 heavy (non-hydrogen) atoms. The average Bonchev–Trinajstić information content (AvgIpc) is 2.13. The van der Waals surface area contributed by atoms with Crippen molar-refractivity contribution < 1.29 is 5.11 Å². The summed E-state index contributed by atoms with van der Waals surface area (Å²) in [6.45, 7) is 1.85. The minimum Gasteiger partial charge on any atom is -0.390 e. The lowest BCUT2D eigenvalue weighted by Gasteiger charge is -1.94. The summed E-state index contributed by atoms with van der Waals surface area (Å²) < 4.78 is 0. The summed E-state index contributed by atoms with van der Waals surface area (Å²) in [6.07, 6.45) is 2.40. The zero-order valence-electron chi connectivity index (χ0n) is 5.89. The van der Waals surface area contributed by atoms with Gasteiger partial charge < -0.3 is 5.11 Å². The maximum absolute atomic E-state index is 8.75. The molecule has 0 radical (unpaired) electrons. The topological polar surface area (TPSA) is 32.6 Å². The first kappa shape index (κ1) is 7.04. The zero-order chi connectivity index (χ0) is 7.40. The van der Waals surface area contributed by atoms with Gasteiger partial charge in [-0.15, -0.1) is 0 Å². The van der Waals surface area contributed by atoms with Crippen LogP contribution >= 0.6 is 0 Å². The van der Waals surface area contributed by atoms with Gasteiger partial charge in [-0.1, -0.05) is 11.8 Å². The Bertz CT molecular complexity index is 240. The normalized spacial score (nSPS) is 16.2. The van der Waals surface area contributed by atoms with Crippen LogP contribution in [0, 0.1) is 11.8 Å². The van der Waals surface area contributed by atoms with Gasteiger partial charge in [-0.2, -0.15) is 0 Å². The highest BCUT2D eigenvalue weighted by Crippen LogP contribution is 2.05. The van der Waals surface area contributed by atoms with Crippen molar-refractivity contribution in [2.75, 3.05) is 6.61 Å². The quantitative estimate of drug-likeness (QED) is 0.528. The van der Waals surface area contributed by atoms with Crippen molar-refractivity contribution in [3.05, 3.63) is 11.3 Å². The summed E-state index contributed by atoms with van der Waals surface area (Å²) in [4.78, 5) is 4.00. The molecule has 0 saturated carbocycles. The number of aliphatic imine (C=N–C) groups is 1. The minimum absolute atomic E-state index is 0.0169. The summed E-state index contributed by atoms with van der Waals surface area (Å²) in [7, 11) is 0. The predicted molar refractivity (Wildman–Crippen MR) is 40.7 cm³/mol. The molecule has 0 saturated heterocycles. The van der Waals surface area contributed by atoms with Gasteiger partial charge in [0.2, 0.25) is 0 Å². The van der Waals surface area contributed by atoms with Crippen LogP contribution in [0.2, 0.25) is 0 Å². The van der Waals surface area contributed by atoms with Gasteiger partial charge in [-0.3, -0.25) is 4.99 Å². The van der Waals surface area contributed by atoms with Crippen LogP contribution in [-0.2, 0) is 0 Å². The molecule has 0 spiro atoms. The maximum atomic E-state index is 8.75. The van der Waals surface area contributed by atoms with Crippen LogP contribution in [0.3, 0.4) is 0 Å². The van der Waals surface area contributed by atoms with E-state index in [9.17, 15) is 0 Å². The van der Waals surface area contributed by atoms with Crippen molar-refractivity contribution in [1.29, 1.82) is 0 Å². The van der Waals surface area contributed by atoms with Gasteiger partial charge in [-0.25, -0.2) is 0 Å². The molecule has 0 aromatic carbocycles. The Morgan fingerprint density at radius 1 is 1.80 bits per heavy atom. The number of allylic oxidation sites excluding steroid dienone is 1. The lowest BCUT2D eigenvalue weighted by atomic mass is 10.2. The Kier molecular flexibility index (Phi) is 2.24. The van der Waals surface area contributed by atoms with E-state index in [1.54, 1.807) is 6.21 Å². The van der Waals surface area contributed by atoms with Crippen molar-refractivity contribution in [3.8, 4) is 11.8 Å². The highest BCUT2D eigenvalue weighted by atomic mass is 16.3. The van der Waals surface area contributed by atoms with Gasteiger partial charge >= 0.3 is 0 Å². The molecule has 0 atom stereocenters. The molecule has 0 amide bonds. The number of rotatable bonds is 1. The Hall–Kier alpha value is -1.07. The van der Waals surface area contributed by atoms with Crippen molar-refractivity contribution in [1.82, 2.24) is 0 Å². The lowest BCUT2D eigenvalue weighted by Crippen LogP contribution is -1.89. The van der Waals surface area contributed by atoms with Gasteiger partial charge in [0.05, 0.1) is 12.3 Å². The second-order valence-corrected chi connectivity index (χ2v) is 2.05. The van der Waals surface area contributed by atoms with E-state index in [-0.39, 0.29) is 6.61 Å². The van der Waals surface area contributed by atoms with Crippen LogP contribution in [0.4, 0.5) is 0 Å². The third kappa shape index (κ3) is 1.46. The first-order valence-electron chi connectivity index (χ1n) is 3.16. The minimum atomic E-state index is -0.0169. The smallest absolute Gasteiger partial charge is 0.0862 e. The van der Waals surface area contributed by atoms with Crippen LogP contribution in [0.15, 0.2) is 16.3 Å². The summed E-state index contributed by atoms with van der Waals surface area (Å²) in [5.74, 6) is 5.78. The van der Waals surface area contributed by atoms with E-state index in [1.165, 1.54) is 0 Å². The number of aliphatic hydroxyl groups is 1. The number of nitrogens with zero attached hydrogens (tertiary/aromatic N) is 1. The first-order valence-corrected chi connectivity index (χ1v) is 3.16. The van der Waals surface area contributed by atoms with Crippen LogP contribution < -0.4 is 0 Å². The first-order chi connectivity index (χ1) is 4.84. The molecule has 0 unspecified atom stereocenters. The van der Waals surface area contributed by atoms with E-state index in [1.807, 2.05) is 6.92 Å². The molecule has 1 N–H and O–H groups in total. The van der Waals surface area contributed by atoms with Crippen molar-refractivity contribution in [3.63, 3.8) is 0 Å². The molecule has 1 rings (SSSR count). The molecule has 2 nitrogen and oxygen atoms in total. The molecular formula is C8H9NO. The standard InChI is InChI=1S/C8H9NO/c1-7-4-2-3-5-9-8(7)6-10/h5,10H,3,6H2,1H3. The van der Waals surface area contributed by atoms with Gasteiger partial charge in [0.1, 0.15) is 0 Å². The molecule has 1 aliphatic heterocycles. The molecule has 0 aliphatic carbocycles. The zero-order valence-corrected chi connectivity index (χ0v) is 5.89. The highest BCUT2D eigenvalue weighted by molar-refractivity contribution is 5.65. The fraction of sp³-hybridized carbons (Fsp3) is 0.375. The Morgan fingerprint density at radius 2 is 2.60 bits per heavy atom.